The first-order valence-electron chi connectivity index (χ1n) is 9.27. The van der Waals surface area contributed by atoms with Crippen LogP contribution in [0.4, 0.5) is 0 Å². The second-order valence-electron chi connectivity index (χ2n) is 6.48. The van der Waals surface area contributed by atoms with Crippen molar-refractivity contribution in [2.75, 3.05) is 13.1 Å². The van der Waals surface area contributed by atoms with Crippen LogP contribution in [0.1, 0.15) is 32.3 Å². The zero-order chi connectivity index (χ0) is 21.4. The number of carbonyl (C=O) groups excluding carboxylic acids is 3. The largest absolute Gasteiger partial charge is 0.548 e. The smallest absolute Gasteiger partial charge is 0.336 e. The van der Waals surface area contributed by atoms with Gasteiger partial charge in [0, 0.05) is 17.5 Å². The molecular formula is C20H23N2O7-. The highest BCUT2D eigenvalue weighted by Crippen LogP contribution is 2.24. The normalized spacial score (nSPS) is 11.7. The van der Waals surface area contributed by atoms with E-state index >= 15 is 0 Å². The number of aliphatic carboxylic acids is 1. The Bertz CT molecular complexity index is 951. The van der Waals surface area contributed by atoms with E-state index in [1.54, 1.807) is 18.2 Å². The minimum absolute atomic E-state index is 0.331. The molecule has 0 saturated heterocycles. The molecule has 0 unspecified atom stereocenters. The summed E-state index contributed by atoms with van der Waals surface area (Å²) in [6.07, 6.45) is 1.78. The summed E-state index contributed by atoms with van der Waals surface area (Å²) < 4.78 is 10.8. The van der Waals surface area contributed by atoms with E-state index in [4.69, 9.17) is 9.15 Å². The summed E-state index contributed by atoms with van der Waals surface area (Å²) in [6.45, 7) is 2.53. The molecule has 2 aromatic rings. The van der Waals surface area contributed by atoms with Gasteiger partial charge in [0.25, 0.3) is 5.91 Å². The Morgan fingerprint density at radius 3 is 2.62 bits per heavy atom. The Hall–Kier alpha value is -3.36. The predicted octanol–water partition coefficient (Wildman–Crippen LogP) is -0.115. The number of carboxylic acid groups (broad SMARTS) is 1. The van der Waals surface area contributed by atoms with Crippen molar-refractivity contribution >= 4 is 28.8 Å². The molecule has 2 N–H and O–H groups in total. The van der Waals surface area contributed by atoms with Crippen LogP contribution < -0.4 is 26.1 Å². The van der Waals surface area contributed by atoms with Crippen molar-refractivity contribution in [3.05, 3.63) is 40.2 Å². The monoisotopic (exact) mass is 403 g/mol. The molecular weight excluding hydrogens is 380 g/mol. The van der Waals surface area contributed by atoms with Crippen LogP contribution in [-0.4, -0.2) is 37.0 Å². The van der Waals surface area contributed by atoms with E-state index in [1.807, 2.05) is 0 Å². The van der Waals surface area contributed by atoms with Crippen molar-refractivity contribution in [2.45, 2.75) is 39.2 Å². The summed E-state index contributed by atoms with van der Waals surface area (Å²) in [7, 11) is 0. The molecule has 1 aromatic heterocycles. The van der Waals surface area contributed by atoms with E-state index in [2.05, 4.69) is 17.6 Å². The molecule has 2 amide bonds. The molecule has 0 bridgehead atoms. The van der Waals surface area contributed by atoms with Gasteiger partial charge in [-0.1, -0.05) is 13.3 Å². The van der Waals surface area contributed by atoms with Gasteiger partial charge in [-0.05, 0) is 37.5 Å². The van der Waals surface area contributed by atoms with E-state index < -0.39 is 42.6 Å². The number of fused-ring (bicyclic) bond motifs is 1. The maximum Gasteiger partial charge on any atom is 0.336 e. The summed E-state index contributed by atoms with van der Waals surface area (Å²) in [5.41, 5.74) is 0.822. The van der Waals surface area contributed by atoms with Gasteiger partial charge in [0.15, 0.2) is 6.10 Å². The minimum Gasteiger partial charge on any atom is -0.548 e. The summed E-state index contributed by atoms with van der Waals surface area (Å²) >= 11 is 0. The fourth-order valence-corrected chi connectivity index (χ4v) is 2.66. The topological polar surface area (TPSA) is 138 Å². The highest BCUT2D eigenvalue weighted by Gasteiger charge is 2.16. The molecule has 156 valence electrons. The first kappa shape index (κ1) is 21.9. The van der Waals surface area contributed by atoms with Crippen molar-refractivity contribution in [3.8, 4) is 5.75 Å². The lowest BCUT2D eigenvalue weighted by atomic mass is 10.0. The average molecular weight is 403 g/mol. The van der Waals surface area contributed by atoms with E-state index in [9.17, 15) is 24.3 Å². The van der Waals surface area contributed by atoms with E-state index in [0.29, 0.717) is 11.3 Å². The van der Waals surface area contributed by atoms with Crippen molar-refractivity contribution in [1.82, 2.24) is 10.6 Å². The third kappa shape index (κ3) is 6.63. The number of carboxylic acids is 1. The molecule has 1 heterocycles. The lowest BCUT2D eigenvalue weighted by molar-refractivity contribution is -0.304. The number of aryl methyl sites for hydroxylation is 1. The number of rotatable bonds is 10. The van der Waals surface area contributed by atoms with Crippen LogP contribution >= 0.6 is 0 Å². The molecule has 29 heavy (non-hydrogen) atoms. The summed E-state index contributed by atoms with van der Waals surface area (Å²) in [4.78, 5) is 45.6. The highest BCUT2D eigenvalue weighted by atomic mass is 16.5. The number of hydrogen-bond acceptors (Lipinski definition) is 7. The molecule has 0 aliphatic rings. The summed E-state index contributed by atoms with van der Waals surface area (Å²) in [6, 6.07) is 6.48. The lowest BCUT2D eigenvalue weighted by Crippen LogP contribution is -2.45. The van der Waals surface area contributed by atoms with Gasteiger partial charge < -0.3 is 29.7 Å². The Morgan fingerprint density at radius 1 is 1.17 bits per heavy atom. The van der Waals surface area contributed by atoms with Gasteiger partial charge in [-0.15, -0.1) is 0 Å². The molecule has 9 heteroatoms. The zero-order valence-electron chi connectivity index (χ0n) is 16.3. The molecule has 0 aliphatic heterocycles. The lowest BCUT2D eigenvalue weighted by Gasteiger charge is -2.15. The SMILES string of the molecule is CCCCc1cc(=O)oc2cc(O[C@@H](C)C(=O)NCC(=O)NCC(=O)[O-])ccc12. The van der Waals surface area contributed by atoms with Crippen LogP contribution in [0.2, 0.25) is 0 Å². The molecule has 2 rings (SSSR count). The van der Waals surface area contributed by atoms with Gasteiger partial charge in [-0.3, -0.25) is 9.59 Å². The number of nitrogens with one attached hydrogen (secondary N) is 2. The number of benzene rings is 1. The second-order valence-corrected chi connectivity index (χ2v) is 6.48. The highest BCUT2D eigenvalue weighted by molar-refractivity contribution is 5.88. The number of ether oxygens (including phenoxy) is 1. The predicted molar refractivity (Wildman–Crippen MR) is 102 cm³/mol. The van der Waals surface area contributed by atoms with Gasteiger partial charge in [0.1, 0.15) is 11.3 Å². The standard InChI is InChI=1S/C20H24N2O7/c1-3-4-5-13-8-19(26)29-16-9-14(6-7-15(13)16)28-12(2)20(27)22-10-17(23)21-11-18(24)25/h6-9,12H,3-5,10-11H2,1-2H3,(H,21,23)(H,22,27)(H,24,25)/p-1/t12-/m0/s1. The van der Waals surface area contributed by atoms with Gasteiger partial charge in [0.05, 0.1) is 19.1 Å². The third-order valence-electron chi connectivity index (χ3n) is 4.14. The van der Waals surface area contributed by atoms with Gasteiger partial charge >= 0.3 is 5.63 Å². The molecule has 0 fully saturated rings. The van der Waals surface area contributed by atoms with Crippen LogP contribution in [-0.2, 0) is 20.8 Å². The number of carbonyl (C=O) groups is 3. The minimum atomic E-state index is -1.43. The molecule has 0 saturated carbocycles. The van der Waals surface area contributed by atoms with Crippen LogP contribution in [0.5, 0.6) is 5.75 Å². The maximum absolute atomic E-state index is 12.1. The van der Waals surface area contributed by atoms with Crippen molar-refractivity contribution in [1.29, 1.82) is 0 Å². The molecule has 1 atom stereocenters. The van der Waals surface area contributed by atoms with Crippen molar-refractivity contribution in [2.24, 2.45) is 0 Å². The van der Waals surface area contributed by atoms with Crippen molar-refractivity contribution in [3.63, 3.8) is 0 Å². The Morgan fingerprint density at radius 2 is 1.93 bits per heavy atom. The van der Waals surface area contributed by atoms with Gasteiger partial charge in [-0.2, -0.15) is 0 Å². The summed E-state index contributed by atoms with van der Waals surface area (Å²) in [5.74, 6) is -2.33. The zero-order valence-corrected chi connectivity index (χ0v) is 16.3. The number of amides is 2. The molecule has 9 nitrogen and oxygen atoms in total. The first-order valence-corrected chi connectivity index (χ1v) is 9.27. The fourth-order valence-electron chi connectivity index (χ4n) is 2.66. The van der Waals surface area contributed by atoms with Crippen LogP contribution in [0.3, 0.4) is 0 Å². The second kappa shape index (κ2) is 10.3. The van der Waals surface area contributed by atoms with Crippen molar-refractivity contribution < 1.29 is 28.6 Å². The molecule has 1 aromatic carbocycles. The molecule has 0 radical (unpaired) electrons. The molecule has 0 spiro atoms. The van der Waals surface area contributed by atoms with Gasteiger partial charge in [0.2, 0.25) is 5.91 Å². The number of unbranched alkanes of at least 4 members (excludes halogenated alkanes) is 1. The maximum atomic E-state index is 12.1. The summed E-state index contributed by atoms with van der Waals surface area (Å²) in [5, 5.41) is 15.5. The third-order valence-corrected chi connectivity index (χ3v) is 4.14. The Balaban J connectivity index is 2.01. The van der Waals surface area contributed by atoms with E-state index in [-0.39, 0.29) is 0 Å². The van der Waals surface area contributed by atoms with Crippen LogP contribution in [0.25, 0.3) is 11.0 Å². The van der Waals surface area contributed by atoms with Crippen LogP contribution in [0, 0.1) is 0 Å². The first-order chi connectivity index (χ1) is 13.8. The number of hydrogen-bond donors (Lipinski definition) is 2. The fraction of sp³-hybridized carbons (Fsp3) is 0.400. The Labute approximate surface area is 167 Å². The van der Waals surface area contributed by atoms with Crippen LogP contribution in [0.15, 0.2) is 33.5 Å². The molecule has 0 aliphatic carbocycles. The quantitative estimate of drug-likeness (QED) is 0.528. The van der Waals surface area contributed by atoms with E-state index in [0.717, 1.165) is 30.2 Å². The Kier molecular flexibility index (Phi) is 7.76. The van der Waals surface area contributed by atoms with Gasteiger partial charge in [-0.25, -0.2) is 4.79 Å². The average Bonchev–Trinajstić information content (AvgIpc) is 2.68. The van der Waals surface area contributed by atoms with E-state index in [1.165, 1.54) is 13.0 Å².